The van der Waals surface area contributed by atoms with Crippen LogP contribution in [0.2, 0.25) is 5.28 Å². The van der Waals surface area contributed by atoms with Crippen molar-refractivity contribution in [1.29, 1.82) is 0 Å². The molecule has 0 atom stereocenters. The molecule has 3 heterocycles. The number of halogens is 1. The summed E-state index contributed by atoms with van der Waals surface area (Å²) in [5.41, 5.74) is 3.40. The third kappa shape index (κ3) is 5.77. The highest BCUT2D eigenvalue weighted by Crippen LogP contribution is 2.25. The number of amides is 2. The van der Waals surface area contributed by atoms with E-state index in [1.165, 1.54) is 10.9 Å². The number of anilines is 1. The van der Waals surface area contributed by atoms with Crippen LogP contribution in [0.1, 0.15) is 37.6 Å². The summed E-state index contributed by atoms with van der Waals surface area (Å²) >= 11 is 6.19. The molecule has 0 radical (unpaired) electrons. The number of hydrogen-bond acceptors (Lipinski definition) is 6. The van der Waals surface area contributed by atoms with Gasteiger partial charge in [0.05, 0.1) is 12.2 Å². The van der Waals surface area contributed by atoms with Gasteiger partial charge in [-0.15, -0.1) is 0 Å². The molecule has 3 aromatic rings. The fourth-order valence-electron chi connectivity index (χ4n) is 3.99. The van der Waals surface area contributed by atoms with E-state index in [9.17, 15) is 9.59 Å². The van der Waals surface area contributed by atoms with Crippen molar-refractivity contribution < 1.29 is 14.3 Å². The number of ether oxygens (including phenoxy) is 1. The van der Waals surface area contributed by atoms with Crippen LogP contribution in [-0.2, 0) is 28.9 Å². The SMILES string of the molecule is CC(C)(C)OC(=O)NCC(=O)N1CCc2c(nc(Cl)nc2NCCc2c[nH]c3ccccc23)C1. The number of rotatable bonds is 6. The van der Waals surface area contributed by atoms with Crippen LogP contribution in [0.3, 0.4) is 0 Å². The van der Waals surface area contributed by atoms with Crippen molar-refractivity contribution in [2.45, 2.75) is 45.8 Å². The number of benzene rings is 1. The zero-order valence-electron chi connectivity index (χ0n) is 19.6. The molecule has 2 aromatic heterocycles. The van der Waals surface area contributed by atoms with E-state index in [2.05, 4.69) is 37.7 Å². The molecule has 180 valence electrons. The molecule has 34 heavy (non-hydrogen) atoms. The molecule has 10 heteroatoms. The Bertz CT molecular complexity index is 1200. The molecule has 1 aliphatic rings. The quantitative estimate of drug-likeness (QED) is 0.460. The summed E-state index contributed by atoms with van der Waals surface area (Å²) in [4.78, 5) is 38.1. The van der Waals surface area contributed by atoms with Gasteiger partial charge in [0.1, 0.15) is 18.0 Å². The topological polar surface area (TPSA) is 112 Å². The number of carbonyl (C=O) groups is 2. The molecule has 0 saturated carbocycles. The Balaban J connectivity index is 1.36. The van der Waals surface area contributed by atoms with Crippen LogP contribution in [0.15, 0.2) is 30.5 Å². The fourth-order valence-corrected chi connectivity index (χ4v) is 4.17. The molecule has 9 nitrogen and oxygen atoms in total. The normalized spacial score (nSPS) is 13.5. The fraction of sp³-hybridized carbons (Fsp3) is 0.417. The molecular weight excluding hydrogens is 456 g/mol. The number of para-hydroxylation sites is 1. The Hall–Kier alpha value is -3.33. The van der Waals surface area contributed by atoms with E-state index in [-0.39, 0.29) is 17.7 Å². The molecule has 4 rings (SSSR count). The Labute approximate surface area is 203 Å². The number of nitrogens with zero attached hydrogens (tertiary/aromatic N) is 3. The molecule has 0 aliphatic carbocycles. The summed E-state index contributed by atoms with van der Waals surface area (Å²) in [7, 11) is 0. The standard InChI is InChI=1S/C24H29ClN6O3/c1-24(2,3)34-23(33)28-13-20(32)31-11-9-17-19(14-31)29-22(25)30-21(17)26-10-8-15-12-27-18-7-5-4-6-16(15)18/h4-7,12,27H,8-11,13-14H2,1-3H3,(H,28,33)(H,26,29,30). The van der Waals surface area contributed by atoms with Crippen LogP contribution in [0.5, 0.6) is 0 Å². The molecule has 0 bridgehead atoms. The summed E-state index contributed by atoms with van der Waals surface area (Å²) < 4.78 is 5.18. The van der Waals surface area contributed by atoms with Crippen LogP contribution in [0.4, 0.5) is 10.6 Å². The molecule has 2 amide bonds. The highest BCUT2D eigenvalue weighted by atomic mass is 35.5. The average Bonchev–Trinajstić information content (AvgIpc) is 3.19. The number of aromatic amines is 1. The number of alkyl carbamates (subject to hydrolysis) is 1. The second-order valence-corrected chi connectivity index (χ2v) is 9.56. The first-order chi connectivity index (χ1) is 16.2. The largest absolute Gasteiger partial charge is 0.444 e. The number of hydrogen-bond donors (Lipinski definition) is 3. The molecule has 0 unspecified atom stereocenters. The summed E-state index contributed by atoms with van der Waals surface area (Å²) in [6, 6.07) is 8.21. The van der Waals surface area contributed by atoms with Gasteiger partial charge in [0, 0.05) is 35.8 Å². The minimum atomic E-state index is -0.623. The maximum absolute atomic E-state index is 12.6. The van der Waals surface area contributed by atoms with E-state index in [1.54, 1.807) is 25.7 Å². The average molecular weight is 485 g/mol. The lowest BCUT2D eigenvalue weighted by molar-refractivity contribution is -0.131. The van der Waals surface area contributed by atoms with Crippen LogP contribution in [0.25, 0.3) is 10.9 Å². The first kappa shape index (κ1) is 23.8. The first-order valence-electron chi connectivity index (χ1n) is 11.3. The van der Waals surface area contributed by atoms with Crippen LogP contribution < -0.4 is 10.6 Å². The van der Waals surface area contributed by atoms with Crippen LogP contribution in [0, 0.1) is 0 Å². The number of H-pyrrole nitrogens is 1. The molecule has 1 aliphatic heterocycles. The van der Waals surface area contributed by atoms with Crippen molar-refractivity contribution >= 4 is 40.3 Å². The predicted molar refractivity (Wildman–Crippen MR) is 131 cm³/mol. The predicted octanol–water partition coefficient (Wildman–Crippen LogP) is 3.68. The van der Waals surface area contributed by atoms with Gasteiger partial charge in [0.2, 0.25) is 11.2 Å². The van der Waals surface area contributed by atoms with E-state index < -0.39 is 11.7 Å². The van der Waals surface area contributed by atoms with E-state index in [4.69, 9.17) is 16.3 Å². The van der Waals surface area contributed by atoms with Gasteiger partial charge in [-0.05, 0) is 56.8 Å². The van der Waals surface area contributed by atoms with Crippen molar-refractivity contribution in [2.24, 2.45) is 0 Å². The van der Waals surface area contributed by atoms with Gasteiger partial charge in [0.25, 0.3) is 0 Å². The number of aromatic nitrogens is 3. The summed E-state index contributed by atoms with van der Waals surface area (Å²) in [6.45, 7) is 6.67. The smallest absolute Gasteiger partial charge is 0.408 e. The molecule has 0 saturated heterocycles. The van der Waals surface area contributed by atoms with Crippen molar-refractivity contribution in [1.82, 2.24) is 25.2 Å². The highest BCUT2D eigenvalue weighted by molar-refractivity contribution is 6.28. The summed E-state index contributed by atoms with van der Waals surface area (Å²) in [6.07, 6.45) is 2.83. The van der Waals surface area contributed by atoms with Gasteiger partial charge in [-0.3, -0.25) is 4.79 Å². The zero-order valence-corrected chi connectivity index (χ0v) is 20.3. The van der Waals surface area contributed by atoms with Gasteiger partial charge in [0.15, 0.2) is 0 Å². The lowest BCUT2D eigenvalue weighted by atomic mass is 10.1. The van der Waals surface area contributed by atoms with Crippen LogP contribution in [-0.4, -0.2) is 57.1 Å². The second kappa shape index (κ2) is 9.89. The third-order valence-electron chi connectivity index (χ3n) is 5.54. The maximum atomic E-state index is 12.6. The van der Waals surface area contributed by atoms with E-state index >= 15 is 0 Å². The number of nitrogens with one attached hydrogen (secondary N) is 3. The van der Waals surface area contributed by atoms with Crippen molar-refractivity contribution in [3.8, 4) is 0 Å². The second-order valence-electron chi connectivity index (χ2n) is 9.22. The monoisotopic (exact) mass is 484 g/mol. The Morgan fingerprint density at radius 2 is 2.03 bits per heavy atom. The highest BCUT2D eigenvalue weighted by Gasteiger charge is 2.26. The molecule has 0 fully saturated rings. The van der Waals surface area contributed by atoms with Gasteiger partial charge < -0.3 is 25.3 Å². The minimum absolute atomic E-state index is 0.134. The summed E-state index contributed by atoms with van der Waals surface area (Å²) in [5, 5.41) is 7.25. The maximum Gasteiger partial charge on any atom is 0.408 e. The molecule has 0 spiro atoms. The minimum Gasteiger partial charge on any atom is -0.444 e. The lowest BCUT2D eigenvalue weighted by Gasteiger charge is -2.29. The Kier molecular flexibility index (Phi) is 6.92. The number of carbonyl (C=O) groups excluding carboxylic acids is 2. The van der Waals surface area contributed by atoms with Gasteiger partial charge in [-0.1, -0.05) is 18.2 Å². The van der Waals surface area contributed by atoms with Crippen molar-refractivity contribution in [3.63, 3.8) is 0 Å². The van der Waals surface area contributed by atoms with E-state index in [1.807, 2.05) is 18.3 Å². The third-order valence-corrected chi connectivity index (χ3v) is 5.70. The first-order valence-corrected chi connectivity index (χ1v) is 11.7. The van der Waals surface area contributed by atoms with Gasteiger partial charge in [-0.2, -0.15) is 0 Å². The van der Waals surface area contributed by atoms with Gasteiger partial charge >= 0.3 is 6.09 Å². The van der Waals surface area contributed by atoms with E-state index in [0.29, 0.717) is 37.6 Å². The molecular formula is C24H29ClN6O3. The zero-order chi connectivity index (χ0) is 24.3. The summed E-state index contributed by atoms with van der Waals surface area (Å²) in [5.74, 6) is 0.494. The Morgan fingerprint density at radius 3 is 2.82 bits per heavy atom. The van der Waals surface area contributed by atoms with Crippen molar-refractivity contribution in [3.05, 3.63) is 52.6 Å². The molecule has 1 aromatic carbocycles. The van der Waals surface area contributed by atoms with Crippen molar-refractivity contribution in [2.75, 3.05) is 25.0 Å². The molecule has 3 N–H and O–H groups in total. The lowest BCUT2D eigenvalue weighted by Crippen LogP contribution is -2.44. The Morgan fingerprint density at radius 1 is 1.24 bits per heavy atom. The van der Waals surface area contributed by atoms with Gasteiger partial charge in [-0.25, -0.2) is 14.8 Å². The number of fused-ring (bicyclic) bond motifs is 2. The van der Waals surface area contributed by atoms with E-state index in [0.717, 1.165) is 17.5 Å². The van der Waals surface area contributed by atoms with Crippen LogP contribution >= 0.6 is 11.6 Å².